The summed E-state index contributed by atoms with van der Waals surface area (Å²) in [6.45, 7) is 4.54. The molecule has 0 atom stereocenters. The van der Waals surface area contributed by atoms with Gasteiger partial charge in [0.15, 0.2) is 0 Å². The van der Waals surface area contributed by atoms with Gasteiger partial charge in [-0.25, -0.2) is 0 Å². The molecule has 0 saturated heterocycles. The van der Waals surface area contributed by atoms with Gasteiger partial charge in [-0.2, -0.15) is 0 Å². The number of hydrogen-bond donors (Lipinski definition) is 2. The second-order valence-corrected chi connectivity index (χ2v) is 6.09. The molecule has 1 aromatic carbocycles. The van der Waals surface area contributed by atoms with Gasteiger partial charge >= 0.3 is 0 Å². The van der Waals surface area contributed by atoms with E-state index in [4.69, 9.17) is 0 Å². The smallest absolute Gasteiger partial charge is 0.0375 e. The Morgan fingerprint density at radius 1 is 1.22 bits per heavy atom. The van der Waals surface area contributed by atoms with Crippen LogP contribution < -0.4 is 10.6 Å². The van der Waals surface area contributed by atoms with Crippen molar-refractivity contribution in [1.82, 2.24) is 5.32 Å². The molecule has 98 valence electrons. The summed E-state index contributed by atoms with van der Waals surface area (Å²) < 4.78 is 0. The summed E-state index contributed by atoms with van der Waals surface area (Å²) in [5.41, 5.74) is 4.77. The van der Waals surface area contributed by atoms with Crippen molar-refractivity contribution in [3.05, 3.63) is 29.3 Å². The third-order valence-electron chi connectivity index (χ3n) is 4.60. The van der Waals surface area contributed by atoms with Gasteiger partial charge in [-0.1, -0.05) is 25.0 Å². The van der Waals surface area contributed by atoms with Crippen LogP contribution in [0.3, 0.4) is 0 Å². The Labute approximate surface area is 110 Å². The lowest BCUT2D eigenvalue weighted by molar-refractivity contribution is 0.362. The monoisotopic (exact) mass is 244 g/mol. The summed E-state index contributed by atoms with van der Waals surface area (Å²) in [5, 5.41) is 7.31. The molecule has 2 nitrogen and oxygen atoms in total. The van der Waals surface area contributed by atoms with Gasteiger partial charge in [0.05, 0.1) is 0 Å². The summed E-state index contributed by atoms with van der Waals surface area (Å²) in [5.74, 6) is 0. The number of rotatable bonds is 3. The van der Waals surface area contributed by atoms with Crippen LogP contribution in [-0.2, 0) is 13.0 Å². The predicted molar refractivity (Wildman–Crippen MR) is 77.0 cm³/mol. The van der Waals surface area contributed by atoms with Crippen LogP contribution in [0.1, 0.15) is 50.2 Å². The zero-order valence-electron chi connectivity index (χ0n) is 11.4. The van der Waals surface area contributed by atoms with Crippen molar-refractivity contribution in [3.63, 3.8) is 0 Å². The minimum absolute atomic E-state index is 0.380. The van der Waals surface area contributed by atoms with Gasteiger partial charge in [0, 0.05) is 24.3 Å². The van der Waals surface area contributed by atoms with Crippen LogP contribution in [0.25, 0.3) is 0 Å². The van der Waals surface area contributed by atoms with Crippen LogP contribution >= 0.6 is 0 Å². The summed E-state index contributed by atoms with van der Waals surface area (Å²) in [4.78, 5) is 0. The highest BCUT2D eigenvalue weighted by molar-refractivity contribution is 5.56. The number of benzene rings is 1. The van der Waals surface area contributed by atoms with E-state index in [0.717, 1.165) is 13.1 Å². The Morgan fingerprint density at radius 2 is 2.06 bits per heavy atom. The Kier molecular flexibility index (Phi) is 3.29. The Hall–Kier alpha value is -1.02. The van der Waals surface area contributed by atoms with Crippen LogP contribution in [0.2, 0.25) is 0 Å². The van der Waals surface area contributed by atoms with Crippen molar-refractivity contribution in [3.8, 4) is 0 Å². The number of nitrogens with one attached hydrogen (secondary N) is 2. The van der Waals surface area contributed by atoms with Gasteiger partial charge in [0.1, 0.15) is 0 Å². The molecule has 1 aliphatic carbocycles. The highest BCUT2D eigenvalue weighted by Gasteiger charge is 2.27. The van der Waals surface area contributed by atoms with E-state index in [1.807, 2.05) is 0 Å². The first kappa shape index (κ1) is 12.0. The molecular weight excluding hydrogens is 220 g/mol. The summed E-state index contributed by atoms with van der Waals surface area (Å²) in [6.07, 6.45) is 7.94. The van der Waals surface area contributed by atoms with E-state index in [1.165, 1.54) is 55.3 Å². The van der Waals surface area contributed by atoms with Gasteiger partial charge in [0.25, 0.3) is 0 Å². The zero-order chi connectivity index (χ0) is 12.4. The molecule has 3 rings (SSSR count). The summed E-state index contributed by atoms with van der Waals surface area (Å²) in [7, 11) is 0. The fourth-order valence-corrected chi connectivity index (χ4v) is 3.39. The molecule has 0 spiro atoms. The van der Waals surface area contributed by atoms with Crippen molar-refractivity contribution < 1.29 is 0 Å². The molecule has 1 fully saturated rings. The van der Waals surface area contributed by atoms with Crippen molar-refractivity contribution in [2.45, 2.75) is 57.5 Å². The van der Waals surface area contributed by atoms with Crippen molar-refractivity contribution in [1.29, 1.82) is 0 Å². The molecule has 0 aromatic heterocycles. The molecule has 18 heavy (non-hydrogen) atoms. The third-order valence-corrected chi connectivity index (χ3v) is 4.60. The first-order chi connectivity index (χ1) is 8.77. The SMILES string of the molecule is CC1(NCc2cccc3c2CCCN3)CCCC1. The minimum atomic E-state index is 0.380. The first-order valence-electron chi connectivity index (χ1n) is 7.37. The molecule has 1 heterocycles. The van der Waals surface area contributed by atoms with Crippen LogP contribution in [0.15, 0.2) is 18.2 Å². The van der Waals surface area contributed by atoms with E-state index in [9.17, 15) is 0 Å². The molecule has 0 bridgehead atoms. The number of anilines is 1. The lowest BCUT2D eigenvalue weighted by Crippen LogP contribution is -2.39. The molecule has 2 heteroatoms. The zero-order valence-corrected chi connectivity index (χ0v) is 11.4. The summed E-state index contributed by atoms with van der Waals surface area (Å²) in [6, 6.07) is 6.69. The fraction of sp³-hybridized carbons (Fsp3) is 0.625. The fourth-order valence-electron chi connectivity index (χ4n) is 3.39. The largest absolute Gasteiger partial charge is 0.385 e. The topological polar surface area (TPSA) is 24.1 Å². The summed E-state index contributed by atoms with van der Waals surface area (Å²) >= 11 is 0. The van der Waals surface area contributed by atoms with Gasteiger partial charge in [-0.3, -0.25) is 0 Å². The van der Waals surface area contributed by atoms with E-state index in [1.54, 1.807) is 0 Å². The molecule has 0 radical (unpaired) electrons. The Morgan fingerprint density at radius 3 is 2.89 bits per heavy atom. The maximum Gasteiger partial charge on any atom is 0.0375 e. The van der Waals surface area contributed by atoms with Gasteiger partial charge in [-0.05, 0) is 49.8 Å². The van der Waals surface area contributed by atoms with Gasteiger partial charge in [-0.15, -0.1) is 0 Å². The van der Waals surface area contributed by atoms with Gasteiger partial charge in [0.2, 0.25) is 0 Å². The number of fused-ring (bicyclic) bond motifs is 1. The number of hydrogen-bond acceptors (Lipinski definition) is 2. The van der Waals surface area contributed by atoms with Crippen LogP contribution in [0.4, 0.5) is 5.69 Å². The van der Waals surface area contributed by atoms with E-state index in [-0.39, 0.29) is 0 Å². The molecule has 2 N–H and O–H groups in total. The first-order valence-corrected chi connectivity index (χ1v) is 7.37. The highest BCUT2D eigenvalue weighted by atomic mass is 15.0. The molecule has 0 unspecified atom stereocenters. The standard InChI is InChI=1S/C16H24N2/c1-16(9-2-3-10-16)18-12-13-6-4-8-15-14(13)7-5-11-17-15/h4,6,8,17-18H,2-3,5,7,9-12H2,1H3. The maximum atomic E-state index is 3.80. The van der Waals surface area contributed by atoms with E-state index < -0.39 is 0 Å². The third kappa shape index (κ3) is 2.39. The van der Waals surface area contributed by atoms with Crippen molar-refractivity contribution in [2.24, 2.45) is 0 Å². The quantitative estimate of drug-likeness (QED) is 0.851. The van der Waals surface area contributed by atoms with Crippen LogP contribution in [-0.4, -0.2) is 12.1 Å². The Bertz CT molecular complexity index is 419. The second kappa shape index (κ2) is 4.93. The molecular formula is C16H24N2. The van der Waals surface area contributed by atoms with E-state index in [0.29, 0.717) is 5.54 Å². The molecule has 1 aliphatic heterocycles. The lowest BCUT2D eigenvalue weighted by atomic mass is 9.95. The maximum absolute atomic E-state index is 3.80. The highest BCUT2D eigenvalue weighted by Crippen LogP contribution is 2.30. The Balaban J connectivity index is 1.72. The van der Waals surface area contributed by atoms with E-state index in [2.05, 4.69) is 35.8 Å². The van der Waals surface area contributed by atoms with Crippen molar-refractivity contribution >= 4 is 5.69 Å². The van der Waals surface area contributed by atoms with Crippen LogP contribution in [0.5, 0.6) is 0 Å². The second-order valence-electron chi connectivity index (χ2n) is 6.09. The normalized spacial score (nSPS) is 21.4. The lowest BCUT2D eigenvalue weighted by Gasteiger charge is -2.27. The van der Waals surface area contributed by atoms with Crippen molar-refractivity contribution in [2.75, 3.05) is 11.9 Å². The average Bonchev–Trinajstić information content (AvgIpc) is 2.84. The molecule has 1 aromatic rings. The average molecular weight is 244 g/mol. The minimum Gasteiger partial charge on any atom is -0.385 e. The molecule has 0 amide bonds. The van der Waals surface area contributed by atoms with E-state index >= 15 is 0 Å². The predicted octanol–water partition coefficient (Wildman–Crippen LogP) is 3.47. The van der Waals surface area contributed by atoms with Gasteiger partial charge < -0.3 is 10.6 Å². The molecule has 2 aliphatic rings. The van der Waals surface area contributed by atoms with Crippen LogP contribution in [0, 0.1) is 0 Å². The molecule has 1 saturated carbocycles.